The maximum atomic E-state index is 5.78. The van der Waals surface area contributed by atoms with Gasteiger partial charge in [0.2, 0.25) is 0 Å². The van der Waals surface area contributed by atoms with E-state index in [4.69, 9.17) is 5.73 Å². The molecule has 3 N–H and O–H groups in total. The predicted octanol–water partition coefficient (Wildman–Crippen LogP) is 2.76. The quantitative estimate of drug-likeness (QED) is 0.888. The summed E-state index contributed by atoms with van der Waals surface area (Å²) >= 11 is 5.24. The van der Waals surface area contributed by atoms with Gasteiger partial charge in [-0.05, 0) is 47.1 Å². The highest BCUT2D eigenvalue weighted by molar-refractivity contribution is 9.11. The molecular formula is C10H17BrN2S. The van der Waals surface area contributed by atoms with Crippen molar-refractivity contribution < 1.29 is 0 Å². The Morgan fingerprint density at radius 3 is 2.57 bits per heavy atom. The lowest BCUT2D eigenvalue weighted by molar-refractivity contribution is 0.269. The van der Waals surface area contributed by atoms with Crippen LogP contribution in [0.25, 0.3) is 0 Å². The lowest BCUT2D eigenvalue weighted by atomic mass is 9.84. The van der Waals surface area contributed by atoms with Crippen LogP contribution in [0.2, 0.25) is 0 Å². The van der Waals surface area contributed by atoms with Crippen molar-refractivity contribution in [1.82, 2.24) is 5.32 Å². The van der Waals surface area contributed by atoms with Gasteiger partial charge < -0.3 is 11.1 Å². The molecule has 0 amide bonds. The second-order valence-corrected chi connectivity index (χ2v) is 6.55. The van der Waals surface area contributed by atoms with E-state index in [1.807, 2.05) is 7.05 Å². The summed E-state index contributed by atoms with van der Waals surface area (Å²) in [7, 11) is 1.98. The van der Waals surface area contributed by atoms with Crippen molar-refractivity contribution in [3.63, 3.8) is 0 Å². The lowest BCUT2D eigenvalue weighted by Crippen LogP contribution is -2.37. The number of hydrogen-bond acceptors (Lipinski definition) is 3. The van der Waals surface area contributed by atoms with E-state index in [0.29, 0.717) is 12.6 Å². The minimum atomic E-state index is 0.0824. The fourth-order valence-electron chi connectivity index (χ4n) is 1.52. The monoisotopic (exact) mass is 276 g/mol. The number of nitrogens with one attached hydrogen (secondary N) is 1. The van der Waals surface area contributed by atoms with Gasteiger partial charge >= 0.3 is 0 Å². The second-order valence-electron chi connectivity index (χ2n) is 4.06. The number of rotatable bonds is 4. The first-order chi connectivity index (χ1) is 6.51. The summed E-state index contributed by atoms with van der Waals surface area (Å²) < 4.78 is 1.17. The van der Waals surface area contributed by atoms with Crippen LogP contribution in [-0.2, 0) is 0 Å². The van der Waals surface area contributed by atoms with E-state index >= 15 is 0 Å². The fraction of sp³-hybridized carbons (Fsp3) is 0.600. The molecule has 0 aliphatic heterocycles. The maximum Gasteiger partial charge on any atom is 0.0701 e. The SMILES string of the molecule is CNC(c1ccc(Br)s1)C(C)(C)CN. The Labute approximate surface area is 98.0 Å². The Morgan fingerprint density at radius 2 is 2.21 bits per heavy atom. The summed E-state index contributed by atoms with van der Waals surface area (Å²) in [6.07, 6.45) is 0. The molecule has 1 aromatic heterocycles. The third-order valence-corrected chi connectivity index (χ3v) is 4.16. The van der Waals surface area contributed by atoms with Crippen molar-refractivity contribution in [3.8, 4) is 0 Å². The molecule has 0 fully saturated rings. The van der Waals surface area contributed by atoms with Crippen molar-refractivity contribution in [1.29, 1.82) is 0 Å². The standard InChI is InChI=1S/C10H17BrN2S/c1-10(2,6-12)9(13-3)7-4-5-8(11)14-7/h4-5,9,13H,6,12H2,1-3H3. The van der Waals surface area contributed by atoms with Crippen LogP contribution >= 0.6 is 27.3 Å². The van der Waals surface area contributed by atoms with Gasteiger partial charge in [-0.2, -0.15) is 0 Å². The molecule has 0 aliphatic rings. The summed E-state index contributed by atoms with van der Waals surface area (Å²) in [5.41, 5.74) is 5.86. The first-order valence-electron chi connectivity index (χ1n) is 4.64. The van der Waals surface area contributed by atoms with Crippen LogP contribution in [-0.4, -0.2) is 13.6 Å². The van der Waals surface area contributed by atoms with Crippen LogP contribution in [0.1, 0.15) is 24.8 Å². The Bertz CT molecular complexity index is 296. The molecule has 0 saturated heterocycles. The third kappa shape index (κ3) is 2.57. The zero-order chi connectivity index (χ0) is 10.8. The van der Waals surface area contributed by atoms with Gasteiger partial charge in [0.25, 0.3) is 0 Å². The van der Waals surface area contributed by atoms with Crippen molar-refractivity contribution in [2.75, 3.05) is 13.6 Å². The normalized spacial score (nSPS) is 14.4. The molecular weight excluding hydrogens is 260 g/mol. The number of thiophene rings is 1. The van der Waals surface area contributed by atoms with Crippen LogP contribution < -0.4 is 11.1 Å². The Balaban J connectivity index is 2.92. The topological polar surface area (TPSA) is 38.0 Å². The van der Waals surface area contributed by atoms with E-state index < -0.39 is 0 Å². The van der Waals surface area contributed by atoms with Gasteiger partial charge in [-0.15, -0.1) is 11.3 Å². The van der Waals surface area contributed by atoms with Crippen LogP contribution in [0.4, 0.5) is 0 Å². The predicted molar refractivity (Wildman–Crippen MR) is 66.7 cm³/mol. The first kappa shape index (κ1) is 12.2. The third-order valence-electron chi connectivity index (χ3n) is 2.47. The van der Waals surface area contributed by atoms with Crippen molar-refractivity contribution in [2.24, 2.45) is 11.1 Å². The van der Waals surface area contributed by atoms with E-state index in [9.17, 15) is 0 Å². The Kier molecular flexibility index (Phi) is 4.13. The van der Waals surface area contributed by atoms with Crippen molar-refractivity contribution >= 4 is 27.3 Å². The first-order valence-corrected chi connectivity index (χ1v) is 6.25. The van der Waals surface area contributed by atoms with E-state index in [1.54, 1.807) is 11.3 Å². The summed E-state index contributed by atoms with van der Waals surface area (Å²) in [6, 6.07) is 4.55. The molecule has 1 rings (SSSR count). The summed E-state index contributed by atoms with van der Waals surface area (Å²) in [4.78, 5) is 1.33. The van der Waals surface area contributed by atoms with Gasteiger partial charge in [0.1, 0.15) is 0 Å². The molecule has 1 atom stereocenters. The van der Waals surface area contributed by atoms with Gasteiger partial charge in [0.15, 0.2) is 0 Å². The van der Waals surface area contributed by atoms with Gasteiger partial charge in [0.05, 0.1) is 3.79 Å². The molecule has 0 bridgehead atoms. The van der Waals surface area contributed by atoms with Gasteiger partial charge in [-0.1, -0.05) is 13.8 Å². The molecule has 1 aromatic rings. The molecule has 14 heavy (non-hydrogen) atoms. The average molecular weight is 277 g/mol. The summed E-state index contributed by atoms with van der Waals surface area (Å²) in [6.45, 7) is 5.04. The Morgan fingerprint density at radius 1 is 1.57 bits per heavy atom. The minimum Gasteiger partial charge on any atom is -0.330 e. The molecule has 1 unspecified atom stereocenters. The average Bonchev–Trinajstić information content (AvgIpc) is 2.53. The molecule has 0 radical (unpaired) electrons. The highest BCUT2D eigenvalue weighted by Gasteiger charge is 2.29. The summed E-state index contributed by atoms with van der Waals surface area (Å²) in [5.74, 6) is 0. The molecule has 2 nitrogen and oxygen atoms in total. The van der Waals surface area contributed by atoms with E-state index in [2.05, 4.69) is 47.2 Å². The zero-order valence-corrected chi connectivity index (χ0v) is 11.2. The molecule has 1 heterocycles. The fourth-order valence-corrected chi connectivity index (χ4v) is 3.26. The van der Waals surface area contributed by atoms with Crippen LogP contribution in [0.15, 0.2) is 15.9 Å². The number of hydrogen-bond donors (Lipinski definition) is 2. The molecule has 0 spiro atoms. The maximum absolute atomic E-state index is 5.78. The molecule has 80 valence electrons. The molecule has 0 aromatic carbocycles. The van der Waals surface area contributed by atoms with E-state index in [0.717, 1.165) is 0 Å². The van der Waals surface area contributed by atoms with Crippen molar-refractivity contribution in [2.45, 2.75) is 19.9 Å². The van der Waals surface area contributed by atoms with E-state index in [-0.39, 0.29) is 5.41 Å². The van der Waals surface area contributed by atoms with E-state index in [1.165, 1.54) is 8.66 Å². The lowest BCUT2D eigenvalue weighted by Gasteiger charge is -2.32. The largest absolute Gasteiger partial charge is 0.330 e. The van der Waals surface area contributed by atoms with Crippen molar-refractivity contribution in [3.05, 3.63) is 20.8 Å². The highest BCUT2D eigenvalue weighted by atomic mass is 79.9. The van der Waals surface area contributed by atoms with Crippen LogP contribution in [0.5, 0.6) is 0 Å². The second kappa shape index (κ2) is 4.75. The minimum absolute atomic E-state index is 0.0824. The summed E-state index contributed by atoms with van der Waals surface area (Å²) in [5, 5.41) is 3.33. The number of nitrogens with two attached hydrogens (primary N) is 1. The molecule has 0 aliphatic carbocycles. The van der Waals surface area contributed by atoms with Gasteiger partial charge in [0, 0.05) is 10.9 Å². The van der Waals surface area contributed by atoms with Crippen LogP contribution in [0, 0.1) is 5.41 Å². The number of halogens is 1. The smallest absolute Gasteiger partial charge is 0.0701 e. The highest BCUT2D eigenvalue weighted by Crippen LogP contribution is 2.37. The zero-order valence-electron chi connectivity index (χ0n) is 8.80. The van der Waals surface area contributed by atoms with Gasteiger partial charge in [-0.3, -0.25) is 0 Å². The molecule has 0 saturated carbocycles. The van der Waals surface area contributed by atoms with Crippen LogP contribution in [0.3, 0.4) is 0 Å². The van der Waals surface area contributed by atoms with Gasteiger partial charge in [-0.25, -0.2) is 0 Å². The Hall–Kier alpha value is 0.1000. The molecule has 4 heteroatoms.